The quantitative estimate of drug-likeness (QED) is 0.854. The Bertz CT molecular complexity index is 427. The number of hydrogen-bond acceptors (Lipinski definition) is 2. The molecule has 1 atom stereocenters. The zero-order valence-corrected chi connectivity index (χ0v) is 13.6. The van der Waals surface area contributed by atoms with E-state index in [0.29, 0.717) is 11.5 Å². The summed E-state index contributed by atoms with van der Waals surface area (Å²) >= 11 is 0. The molecule has 1 aliphatic rings. The van der Waals surface area contributed by atoms with Crippen LogP contribution in [0.15, 0.2) is 24.3 Å². The molecular formula is C18H30N2. The molecular weight excluding hydrogens is 244 g/mol. The van der Waals surface area contributed by atoms with Crippen molar-refractivity contribution < 1.29 is 0 Å². The van der Waals surface area contributed by atoms with Gasteiger partial charge in [-0.2, -0.15) is 0 Å². The molecule has 0 radical (unpaired) electrons. The summed E-state index contributed by atoms with van der Waals surface area (Å²) in [6.07, 6.45) is 2.43. The Morgan fingerprint density at radius 1 is 1.25 bits per heavy atom. The zero-order chi connectivity index (χ0) is 14.6. The predicted octanol–water partition coefficient (Wildman–Crippen LogP) is 3.46. The Balaban J connectivity index is 1.96. The first-order valence-electron chi connectivity index (χ1n) is 8.05. The van der Waals surface area contributed by atoms with Gasteiger partial charge in [0.1, 0.15) is 0 Å². The van der Waals surface area contributed by atoms with Crippen molar-refractivity contribution in [3.63, 3.8) is 0 Å². The largest absolute Gasteiger partial charge is 0.314 e. The van der Waals surface area contributed by atoms with Crippen molar-refractivity contribution in [3.8, 4) is 0 Å². The zero-order valence-electron chi connectivity index (χ0n) is 13.6. The molecule has 2 heteroatoms. The third-order valence-corrected chi connectivity index (χ3v) is 4.61. The molecule has 0 aromatic heterocycles. The van der Waals surface area contributed by atoms with Gasteiger partial charge < -0.3 is 5.32 Å². The maximum absolute atomic E-state index is 3.62. The third kappa shape index (κ3) is 4.07. The topological polar surface area (TPSA) is 15.3 Å². The maximum atomic E-state index is 3.62. The molecule has 2 nitrogen and oxygen atoms in total. The van der Waals surface area contributed by atoms with Gasteiger partial charge in [0.25, 0.3) is 0 Å². The van der Waals surface area contributed by atoms with Crippen molar-refractivity contribution in [2.75, 3.05) is 19.6 Å². The second-order valence-corrected chi connectivity index (χ2v) is 6.93. The summed E-state index contributed by atoms with van der Waals surface area (Å²) < 4.78 is 0. The molecule has 1 aromatic rings. The Morgan fingerprint density at radius 2 is 1.95 bits per heavy atom. The molecule has 1 aliphatic heterocycles. The van der Waals surface area contributed by atoms with Crippen molar-refractivity contribution >= 4 is 0 Å². The third-order valence-electron chi connectivity index (χ3n) is 4.61. The van der Waals surface area contributed by atoms with Crippen LogP contribution in [0.3, 0.4) is 0 Å². The molecule has 0 aliphatic carbocycles. The average Bonchev–Trinajstić information content (AvgIpc) is 2.45. The summed E-state index contributed by atoms with van der Waals surface area (Å²) in [5.74, 6) is 0. The van der Waals surface area contributed by atoms with E-state index in [4.69, 9.17) is 0 Å². The van der Waals surface area contributed by atoms with E-state index in [1.807, 2.05) is 0 Å². The smallest absolute Gasteiger partial charge is 0.0236 e. The van der Waals surface area contributed by atoms with Crippen LogP contribution in [0, 0.1) is 5.41 Å². The maximum Gasteiger partial charge on any atom is 0.0236 e. The fourth-order valence-corrected chi connectivity index (χ4v) is 2.97. The Hall–Kier alpha value is -0.860. The summed E-state index contributed by atoms with van der Waals surface area (Å²) in [4.78, 5) is 2.63. The van der Waals surface area contributed by atoms with Crippen molar-refractivity contribution in [3.05, 3.63) is 35.4 Å². The molecule has 1 N–H and O–H groups in total. The summed E-state index contributed by atoms with van der Waals surface area (Å²) in [6, 6.07) is 9.48. The molecule has 112 valence electrons. The fraction of sp³-hybridized carbons (Fsp3) is 0.667. The van der Waals surface area contributed by atoms with Crippen molar-refractivity contribution in [2.45, 2.75) is 53.1 Å². The van der Waals surface area contributed by atoms with Gasteiger partial charge in [-0.3, -0.25) is 4.90 Å². The molecule has 2 rings (SSSR count). The SMILES string of the molecule is CCC(C)(CNC(C)C)CN1CCc2ccccc2C1. The first-order chi connectivity index (χ1) is 9.52. The van der Waals surface area contributed by atoms with Crippen molar-refractivity contribution in [1.29, 1.82) is 0 Å². The van der Waals surface area contributed by atoms with Crippen LogP contribution < -0.4 is 5.32 Å². The number of fused-ring (bicyclic) bond motifs is 1. The van der Waals surface area contributed by atoms with Crippen LogP contribution in [0.2, 0.25) is 0 Å². The van der Waals surface area contributed by atoms with Gasteiger partial charge in [0, 0.05) is 32.2 Å². The minimum Gasteiger partial charge on any atom is -0.314 e. The van der Waals surface area contributed by atoms with Crippen LogP contribution in [0.5, 0.6) is 0 Å². The Kier molecular flexibility index (Phi) is 5.22. The van der Waals surface area contributed by atoms with Gasteiger partial charge in [-0.1, -0.05) is 52.0 Å². The molecule has 0 fully saturated rings. The second kappa shape index (κ2) is 6.73. The average molecular weight is 274 g/mol. The van der Waals surface area contributed by atoms with Crippen LogP contribution in [0.4, 0.5) is 0 Å². The predicted molar refractivity (Wildman–Crippen MR) is 87.0 cm³/mol. The van der Waals surface area contributed by atoms with Crippen molar-refractivity contribution in [2.24, 2.45) is 5.41 Å². The lowest BCUT2D eigenvalue weighted by Crippen LogP contribution is -2.45. The van der Waals surface area contributed by atoms with Crippen LogP contribution in [-0.2, 0) is 13.0 Å². The van der Waals surface area contributed by atoms with Gasteiger partial charge in [-0.15, -0.1) is 0 Å². The number of nitrogens with one attached hydrogen (secondary N) is 1. The van der Waals surface area contributed by atoms with E-state index in [-0.39, 0.29) is 0 Å². The highest BCUT2D eigenvalue weighted by Crippen LogP contribution is 2.26. The molecule has 20 heavy (non-hydrogen) atoms. The van der Waals surface area contributed by atoms with E-state index < -0.39 is 0 Å². The molecule has 0 saturated carbocycles. The van der Waals surface area contributed by atoms with E-state index in [2.05, 4.69) is 62.2 Å². The van der Waals surface area contributed by atoms with Crippen LogP contribution in [0.1, 0.15) is 45.2 Å². The summed E-state index contributed by atoms with van der Waals surface area (Å²) in [5.41, 5.74) is 3.44. The molecule has 0 amide bonds. The highest BCUT2D eigenvalue weighted by Gasteiger charge is 2.27. The van der Waals surface area contributed by atoms with E-state index in [0.717, 1.165) is 13.1 Å². The number of nitrogens with zero attached hydrogens (tertiary/aromatic N) is 1. The fourth-order valence-electron chi connectivity index (χ4n) is 2.97. The molecule has 0 bridgehead atoms. The normalized spacial score (nSPS) is 18.9. The minimum absolute atomic E-state index is 0.372. The molecule has 1 unspecified atom stereocenters. The lowest BCUT2D eigenvalue weighted by atomic mass is 9.85. The number of hydrogen-bond donors (Lipinski definition) is 1. The summed E-state index contributed by atoms with van der Waals surface area (Å²) in [5, 5.41) is 3.62. The van der Waals surface area contributed by atoms with Crippen molar-refractivity contribution in [1.82, 2.24) is 10.2 Å². The Labute approximate surface area is 124 Å². The Morgan fingerprint density at radius 3 is 2.60 bits per heavy atom. The van der Waals surface area contributed by atoms with E-state index >= 15 is 0 Å². The van der Waals surface area contributed by atoms with Gasteiger partial charge in [-0.25, -0.2) is 0 Å². The standard InChI is InChI=1S/C18H30N2/c1-5-18(4,13-19-15(2)3)14-20-11-10-16-8-6-7-9-17(16)12-20/h6-9,15,19H,5,10-14H2,1-4H3. The van der Waals surface area contributed by atoms with Gasteiger partial charge in [-0.05, 0) is 29.4 Å². The van der Waals surface area contributed by atoms with Gasteiger partial charge in [0.15, 0.2) is 0 Å². The van der Waals surface area contributed by atoms with Gasteiger partial charge >= 0.3 is 0 Å². The monoisotopic (exact) mass is 274 g/mol. The van der Waals surface area contributed by atoms with Crippen LogP contribution in [-0.4, -0.2) is 30.6 Å². The molecule has 1 heterocycles. The first-order valence-corrected chi connectivity index (χ1v) is 8.05. The lowest BCUT2D eigenvalue weighted by molar-refractivity contribution is 0.141. The molecule has 0 spiro atoms. The number of rotatable bonds is 6. The molecule has 0 saturated heterocycles. The molecule has 1 aromatic carbocycles. The highest BCUT2D eigenvalue weighted by molar-refractivity contribution is 5.29. The minimum atomic E-state index is 0.372. The van der Waals surface area contributed by atoms with E-state index in [1.165, 1.54) is 31.5 Å². The van der Waals surface area contributed by atoms with Crippen LogP contribution >= 0.6 is 0 Å². The second-order valence-electron chi connectivity index (χ2n) is 6.93. The first kappa shape index (κ1) is 15.5. The van der Waals surface area contributed by atoms with E-state index in [1.54, 1.807) is 5.56 Å². The summed E-state index contributed by atoms with van der Waals surface area (Å²) in [6.45, 7) is 13.8. The lowest BCUT2D eigenvalue weighted by Gasteiger charge is -2.38. The summed E-state index contributed by atoms with van der Waals surface area (Å²) in [7, 11) is 0. The van der Waals surface area contributed by atoms with Gasteiger partial charge in [0.05, 0.1) is 0 Å². The van der Waals surface area contributed by atoms with Crippen LogP contribution in [0.25, 0.3) is 0 Å². The van der Waals surface area contributed by atoms with Gasteiger partial charge in [0.2, 0.25) is 0 Å². The van der Waals surface area contributed by atoms with E-state index in [9.17, 15) is 0 Å². The highest BCUT2D eigenvalue weighted by atomic mass is 15.1. The number of benzene rings is 1.